The summed E-state index contributed by atoms with van der Waals surface area (Å²) in [4.78, 5) is 12.0. The third kappa shape index (κ3) is 3.73. The van der Waals surface area contributed by atoms with Crippen LogP contribution in [-0.4, -0.2) is 17.8 Å². The van der Waals surface area contributed by atoms with Crippen LogP contribution in [-0.2, 0) is 11.2 Å². The van der Waals surface area contributed by atoms with E-state index >= 15 is 0 Å². The van der Waals surface area contributed by atoms with Gasteiger partial charge in [0.15, 0.2) is 0 Å². The van der Waals surface area contributed by atoms with Crippen LogP contribution in [0.15, 0.2) is 18.2 Å². The van der Waals surface area contributed by atoms with E-state index in [1.807, 2.05) is 0 Å². The zero-order valence-corrected chi connectivity index (χ0v) is 13.6. The van der Waals surface area contributed by atoms with Crippen LogP contribution in [0.3, 0.4) is 0 Å². The van der Waals surface area contributed by atoms with Gasteiger partial charge in [-0.05, 0) is 30.4 Å². The molecule has 0 aromatic heterocycles. The number of carbonyl (C=O) groups is 1. The fraction of sp³-hybridized carbons (Fsp3) is 0.533. The maximum Gasteiger partial charge on any atom is 0.224 e. The summed E-state index contributed by atoms with van der Waals surface area (Å²) in [6.45, 7) is 0.642. The quantitative estimate of drug-likeness (QED) is 0.785. The van der Waals surface area contributed by atoms with Crippen LogP contribution in [0.1, 0.15) is 31.2 Å². The minimum atomic E-state index is -0.427. The summed E-state index contributed by atoms with van der Waals surface area (Å²) in [6, 6.07) is 4.47. The average molecular weight is 363 g/mol. The number of nitrogens with one attached hydrogen (secondary N) is 1. The van der Waals surface area contributed by atoms with Crippen LogP contribution in [0.5, 0.6) is 0 Å². The minimum absolute atomic E-state index is 0.0100. The number of amides is 1. The maximum absolute atomic E-state index is 13.6. The lowest BCUT2D eigenvalue weighted by Gasteiger charge is -2.26. The Balaban J connectivity index is 1.93. The van der Waals surface area contributed by atoms with E-state index in [1.54, 1.807) is 6.07 Å². The molecule has 0 radical (unpaired) electrons. The van der Waals surface area contributed by atoms with Crippen LogP contribution in [0.2, 0.25) is 5.02 Å². The molecule has 1 aliphatic rings. The highest BCUT2D eigenvalue weighted by Crippen LogP contribution is 2.38. The largest absolute Gasteiger partial charge is 0.355 e. The molecule has 0 spiro atoms. The molecule has 1 fully saturated rings. The second-order valence-corrected chi connectivity index (χ2v) is 6.46. The van der Waals surface area contributed by atoms with Gasteiger partial charge in [-0.15, -0.1) is 0 Å². The fourth-order valence-electron chi connectivity index (χ4n) is 2.69. The zero-order valence-electron chi connectivity index (χ0n) is 11.2. The third-order valence-corrected chi connectivity index (χ3v) is 5.55. The molecule has 2 nitrogen and oxygen atoms in total. The minimum Gasteiger partial charge on any atom is -0.355 e. The smallest absolute Gasteiger partial charge is 0.224 e. The molecule has 1 aliphatic carbocycles. The van der Waals surface area contributed by atoms with Gasteiger partial charge in [0.2, 0.25) is 5.91 Å². The van der Waals surface area contributed by atoms with Gasteiger partial charge in [-0.3, -0.25) is 4.79 Å². The highest BCUT2D eigenvalue weighted by molar-refractivity contribution is 9.09. The van der Waals surface area contributed by atoms with Crippen molar-refractivity contribution in [2.75, 3.05) is 11.9 Å². The van der Waals surface area contributed by atoms with Crippen LogP contribution in [0.25, 0.3) is 0 Å². The van der Waals surface area contributed by atoms with E-state index in [-0.39, 0.29) is 23.3 Å². The molecule has 0 unspecified atom stereocenters. The molecule has 0 aliphatic heterocycles. The molecule has 0 bridgehead atoms. The number of benzene rings is 1. The molecule has 5 heteroatoms. The van der Waals surface area contributed by atoms with E-state index in [0.717, 1.165) is 18.2 Å². The normalized spacial score (nSPS) is 17.1. The maximum atomic E-state index is 13.6. The lowest BCUT2D eigenvalue weighted by Crippen LogP contribution is -2.37. The fourth-order valence-corrected chi connectivity index (χ4v) is 3.68. The molecule has 1 saturated carbocycles. The van der Waals surface area contributed by atoms with E-state index in [1.165, 1.54) is 25.0 Å². The van der Waals surface area contributed by atoms with Crippen molar-refractivity contribution in [3.05, 3.63) is 34.6 Å². The molecule has 110 valence electrons. The molecular formula is C15H18BrClFNO. The van der Waals surface area contributed by atoms with Crippen molar-refractivity contribution in [3.63, 3.8) is 0 Å². The molecule has 20 heavy (non-hydrogen) atoms. The number of rotatable bonds is 5. The molecule has 0 heterocycles. The Morgan fingerprint density at radius 1 is 1.40 bits per heavy atom. The Labute approximate surface area is 132 Å². The molecule has 2 rings (SSSR count). The van der Waals surface area contributed by atoms with Gasteiger partial charge in [0.1, 0.15) is 5.82 Å². The summed E-state index contributed by atoms with van der Waals surface area (Å²) in [6.07, 6.45) is 4.66. The first-order chi connectivity index (χ1) is 9.56. The van der Waals surface area contributed by atoms with Crippen LogP contribution < -0.4 is 5.32 Å². The summed E-state index contributed by atoms with van der Waals surface area (Å²) in [5, 5.41) is 4.12. The third-order valence-electron chi connectivity index (χ3n) is 4.01. The second kappa shape index (κ2) is 6.90. The molecule has 1 amide bonds. The first kappa shape index (κ1) is 15.8. The number of hydrogen-bond acceptors (Lipinski definition) is 1. The van der Waals surface area contributed by atoms with E-state index in [9.17, 15) is 9.18 Å². The molecule has 1 aromatic carbocycles. The monoisotopic (exact) mass is 361 g/mol. The summed E-state index contributed by atoms with van der Waals surface area (Å²) in [7, 11) is 0. The summed E-state index contributed by atoms with van der Waals surface area (Å²) < 4.78 is 13.6. The highest BCUT2D eigenvalue weighted by atomic mass is 79.9. The molecular weight excluding hydrogens is 345 g/mol. The number of hydrogen-bond donors (Lipinski definition) is 1. The van der Waals surface area contributed by atoms with Crippen molar-refractivity contribution >= 4 is 33.4 Å². The van der Waals surface area contributed by atoms with E-state index in [2.05, 4.69) is 21.2 Å². The van der Waals surface area contributed by atoms with Gasteiger partial charge in [0, 0.05) is 22.5 Å². The Hall–Kier alpha value is -0.610. The van der Waals surface area contributed by atoms with Gasteiger partial charge < -0.3 is 5.32 Å². The van der Waals surface area contributed by atoms with Crippen molar-refractivity contribution < 1.29 is 9.18 Å². The standard InChI is InChI=1S/C15H18BrClFNO/c16-9-15(6-1-2-7-15)10-19-14(20)8-11-12(17)4-3-5-13(11)18/h3-5H,1-2,6-10H2,(H,19,20). The van der Waals surface area contributed by atoms with E-state index in [4.69, 9.17) is 11.6 Å². The van der Waals surface area contributed by atoms with Gasteiger partial charge in [0.25, 0.3) is 0 Å². The lowest BCUT2D eigenvalue weighted by atomic mass is 9.89. The predicted molar refractivity (Wildman–Crippen MR) is 82.8 cm³/mol. The second-order valence-electron chi connectivity index (χ2n) is 5.49. The van der Waals surface area contributed by atoms with Crippen molar-refractivity contribution in [1.29, 1.82) is 0 Å². The Kier molecular flexibility index (Phi) is 5.44. The van der Waals surface area contributed by atoms with Crippen molar-refractivity contribution in [2.45, 2.75) is 32.1 Å². The van der Waals surface area contributed by atoms with Gasteiger partial charge >= 0.3 is 0 Å². The summed E-state index contributed by atoms with van der Waals surface area (Å²) in [5.41, 5.74) is 0.431. The lowest BCUT2D eigenvalue weighted by molar-refractivity contribution is -0.120. The van der Waals surface area contributed by atoms with Gasteiger partial charge in [-0.25, -0.2) is 4.39 Å². The SMILES string of the molecule is O=C(Cc1c(F)cccc1Cl)NCC1(CBr)CCCC1. The summed E-state index contributed by atoms with van der Waals surface area (Å²) >= 11 is 9.47. The summed E-state index contributed by atoms with van der Waals surface area (Å²) in [5.74, 6) is -0.604. The first-order valence-electron chi connectivity index (χ1n) is 6.82. The average Bonchev–Trinajstić information content (AvgIpc) is 2.90. The van der Waals surface area contributed by atoms with Crippen molar-refractivity contribution in [1.82, 2.24) is 5.32 Å². The zero-order chi connectivity index (χ0) is 14.6. The number of alkyl halides is 1. The molecule has 1 aromatic rings. The Morgan fingerprint density at radius 2 is 2.10 bits per heavy atom. The van der Waals surface area contributed by atoms with E-state index < -0.39 is 5.82 Å². The molecule has 0 saturated heterocycles. The molecule has 0 atom stereocenters. The van der Waals surface area contributed by atoms with Gasteiger partial charge in [-0.2, -0.15) is 0 Å². The number of carbonyl (C=O) groups excluding carboxylic acids is 1. The van der Waals surface area contributed by atoms with Crippen LogP contribution >= 0.6 is 27.5 Å². The Morgan fingerprint density at radius 3 is 2.70 bits per heavy atom. The van der Waals surface area contributed by atoms with Gasteiger partial charge in [0.05, 0.1) is 6.42 Å². The molecule has 1 N–H and O–H groups in total. The van der Waals surface area contributed by atoms with Crippen LogP contribution in [0.4, 0.5) is 4.39 Å². The Bertz CT molecular complexity index is 469. The van der Waals surface area contributed by atoms with Gasteiger partial charge in [-0.1, -0.05) is 46.4 Å². The van der Waals surface area contributed by atoms with Crippen molar-refractivity contribution in [3.8, 4) is 0 Å². The predicted octanol–water partition coefficient (Wildman–Crippen LogP) is 4.09. The van der Waals surface area contributed by atoms with Crippen molar-refractivity contribution in [2.24, 2.45) is 5.41 Å². The first-order valence-corrected chi connectivity index (χ1v) is 8.32. The topological polar surface area (TPSA) is 29.1 Å². The highest BCUT2D eigenvalue weighted by Gasteiger charge is 2.33. The number of halogens is 3. The van der Waals surface area contributed by atoms with Crippen LogP contribution in [0, 0.1) is 11.2 Å². The van der Waals surface area contributed by atoms with E-state index in [0.29, 0.717) is 11.6 Å².